The highest BCUT2D eigenvalue weighted by Gasteiger charge is 2.44. The Hall–Kier alpha value is -2.36. The standard InChI is InChI=1S/C18H17FO3/c1-12(2)17(20)22-18(16-6-4-10-21-16)9-3-5-13-7-8-14(19)11-15(13)18/h4,6-8,10-11H,1,3,5,9H2,2H3. The van der Waals surface area contributed by atoms with Crippen LogP contribution >= 0.6 is 0 Å². The molecule has 1 aromatic carbocycles. The van der Waals surface area contributed by atoms with Crippen LogP contribution in [0.25, 0.3) is 0 Å². The van der Waals surface area contributed by atoms with Crippen molar-refractivity contribution in [1.29, 1.82) is 0 Å². The van der Waals surface area contributed by atoms with E-state index >= 15 is 0 Å². The second-order valence-corrected chi connectivity index (χ2v) is 5.63. The number of rotatable bonds is 3. The predicted molar refractivity (Wildman–Crippen MR) is 79.7 cm³/mol. The third-order valence-corrected chi connectivity index (χ3v) is 4.02. The molecule has 0 aliphatic heterocycles. The van der Waals surface area contributed by atoms with Gasteiger partial charge < -0.3 is 9.15 Å². The van der Waals surface area contributed by atoms with Gasteiger partial charge in [0.2, 0.25) is 0 Å². The van der Waals surface area contributed by atoms with Crippen LogP contribution in [0.15, 0.2) is 53.2 Å². The van der Waals surface area contributed by atoms with E-state index in [4.69, 9.17) is 9.15 Å². The molecule has 0 saturated heterocycles. The number of carbonyl (C=O) groups is 1. The maximum atomic E-state index is 13.8. The van der Waals surface area contributed by atoms with Gasteiger partial charge in [0.1, 0.15) is 5.82 Å². The summed E-state index contributed by atoms with van der Waals surface area (Å²) < 4.78 is 25.1. The van der Waals surface area contributed by atoms with E-state index in [0.29, 0.717) is 23.3 Å². The molecule has 2 aromatic rings. The summed E-state index contributed by atoms with van der Waals surface area (Å²) in [6.07, 6.45) is 3.72. The van der Waals surface area contributed by atoms with Gasteiger partial charge in [0.15, 0.2) is 11.4 Å². The minimum absolute atomic E-state index is 0.300. The first-order valence-corrected chi connectivity index (χ1v) is 7.25. The maximum Gasteiger partial charge on any atom is 0.334 e. The summed E-state index contributed by atoms with van der Waals surface area (Å²) in [4.78, 5) is 12.1. The summed E-state index contributed by atoms with van der Waals surface area (Å²) in [5.41, 5.74) is 0.839. The highest BCUT2D eigenvalue weighted by molar-refractivity contribution is 5.87. The first-order chi connectivity index (χ1) is 10.5. The number of hydrogen-bond donors (Lipinski definition) is 0. The van der Waals surface area contributed by atoms with Crippen LogP contribution in [0, 0.1) is 5.82 Å². The van der Waals surface area contributed by atoms with Gasteiger partial charge in [-0.05, 0) is 56.0 Å². The predicted octanol–water partition coefficient (Wildman–Crippen LogP) is 4.12. The molecule has 1 aliphatic rings. The summed E-state index contributed by atoms with van der Waals surface area (Å²) in [7, 11) is 0. The van der Waals surface area contributed by atoms with Gasteiger partial charge in [-0.15, -0.1) is 0 Å². The molecule has 1 aliphatic carbocycles. The Bertz CT molecular complexity index is 718. The summed E-state index contributed by atoms with van der Waals surface area (Å²) >= 11 is 0. The highest BCUT2D eigenvalue weighted by atomic mass is 19.1. The van der Waals surface area contributed by atoms with Crippen LogP contribution in [0.1, 0.15) is 36.7 Å². The SMILES string of the molecule is C=C(C)C(=O)OC1(c2ccco2)CCCc2ccc(F)cc21. The van der Waals surface area contributed by atoms with Crippen molar-refractivity contribution in [2.45, 2.75) is 31.8 Å². The number of ether oxygens (including phenoxy) is 1. The first kappa shape index (κ1) is 14.6. The number of aryl methyl sites for hydroxylation is 1. The molecule has 4 heteroatoms. The Morgan fingerprint density at radius 3 is 2.91 bits per heavy atom. The van der Waals surface area contributed by atoms with Crippen LogP contribution in [0.4, 0.5) is 4.39 Å². The van der Waals surface area contributed by atoms with E-state index in [1.165, 1.54) is 18.4 Å². The molecule has 0 fully saturated rings. The number of furan rings is 1. The third-order valence-electron chi connectivity index (χ3n) is 4.02. The molecule has 0 bridgehead atoms. The lowest BCUT2D eigenvalue weighted by Gasteiger charge is -2.37. The van der Waals surface area contributed by atoms with Crippen molar-refractivity contribution in [3.63, 3.8) is 0 Å². The molecule has 1 atom stereocenters. The number of hydrogen-bond acceptors (Lipinski definition) is 3. The zero-order chi connectivity index (χ0) is 15.7. The fourth-order valence-electron chi connectivity index (χ4n) is 2.97. The summed E-state index contributed by atoms with van der Waals surface area (Å²) in [5, 5.41) is 0. The van der Waals surface area contributed by atoms with E-state index in [-0.39, 0.29) is 5.82 Å². The quantitative estimate of drug-likeness (QED) is 0.632. The van der Waals surface area contributed by atoms with Gasteiger partial charge in [-0.2, -0.15) is 0 Å². The second kappa shape index (κ2) is 5.44. The van der Waals surface area contributed by atoms with Gasteiger partial charge in [0.25, 0.3) is 0 Å². The zero-order valence-electron chi connectivity index (χ0n) is 12.4. The van der Waals surface area contributed by atoms with Crippen LogP contribution in [0.5, 0.6) is 0 Å². The Labute approximate surface area is 128 Å². The van der Waals surface area contributed by atoms with E-state index in [1.54, 1.807) is 25.1 Å². The zero-order valence-corrected chi connectivity index (χ0v) is 12.4. The minimum atomic E-state index is -1.09. The molecule has 0 radical (unpaired) electrons. The first-order valence-electron chi connectivity index (χ1n) is 7.25. The van der Waals surface area contributed by atoms with E-state index < -0.39 is 11.6 Å². The van der Waals surface area contributed by atoms with Crippen molar-refractivity contribution in [3.05, 3.63) is 71.5 Å². The molecule has 22 heavy (non-hydrogen) atoms. The monoisotopic (exact) mass is 300 g/mol. The summed E-state index contributed by atoms with van der Waals surface area (Å²) in [6.45, 7) is 5.22. The van der Waals surface area contributed by atoms with Gasteiger partial charge in [0.05, 0.1) is 6.26 Å². The molecule has 1 unspecified atom stereocenters. The van der Waals surface area contributed by atoms with Gasteiger partial charge in [-0.3, -0.25) is 0 Å². The fourth-order valence-corrected chi connectivity index (χ4v) is 2.97. The van der Waals surface area contributed by atoms with Crippen molar-refractivity contribution in [2.75, 3.05) is 0 Å². The fraction of sp³-hybridized carbons (Fsp3) is 0.278. The Morgan fingerprint density at radius 1 is 1.41 bits per heavy atom. The van der Waals surface area contributed by atoms with Crippen molar-refractivity contribution in [2.24, 2.45) is 0 Å². The van der Waals surface area contributed by atoms with Crippen LogP contribution in [-0.2, 0) is 21.6 Å². The van der Waals surface area contributed by atoms with Crippen LogP contribution in [-0.4, -0.2) is 5.97 Å². The summed E-state index contributed by atoms with van der Waals surface area (Å²) in [5.74, 6) is -0.356. The highest BCUT2D eigenvalue weighted by Crippen LogP contribution is 2.44. The molecular formula is C18H17FO3. The van der Waals surface area contributed by atoms with Crippen molar-refractivity contribution in [1.82, 2.24) is 0 Å². The van der Waals surface area contributed by atoms with Crippen molar-refractivity contribution >= 4 is 5.97 Å². The van der Waals surface area contributed by atoms with E-state index in [9.17, 15) is 9.18 Å². The second-order valence-electron chi connectivity index (χ2n) is 5.63. The number of carbonyl (C=O) groups excluding carboxylic acids is 1. The van der Waals surface area contributed by atoms with E-state index in [2.05, 4.69) is 6.58 Å². The van der Waals surface area contributed by atoms with Crippen LogP contribution in [0.2, 0.25) is 0 Å². The molecule has 0 spiro atoms. The minimum Gasteiger partial charge on any atom is -0.465 e. The number of halogens is 1. The molecule has 114 valence electrons. The van der Waals surface area contributed by atoms with Gasteiger partial charge in [0, 0.05) is 11.1 Å². The Morgan fingerprint density at radius 2 is 2.23 bits per heavy atom. The molecule has 3 rings (SSSR count). The largest absolute Gasteiger partial charge is 0.465 e. The molecule has 1 heterocycles. The van der Waals surface area contributed by atoms with Gasteiger partial charge in [-0.25, -0.2) is 9.18 Å². The smallest absolute Gasteiger partial charge is 0.334 e. The Balaban J connectivity index is 2.18. The van der Waals surface area contributed by atoms with Crippen LogP contribution in [0.3, 0.4) is 0 Å². The van der Waals surface area contributed by atoms with E-state index in [0.717, 1.165) is 18.4 Å². The topological polar surface area (TPSA) is 39.4 Å². The number of esters is 1. The normalized spacial score (nSPS) is 20.3. The third kappa shape index (κ3) is 2.34. The number of benzene rings is 1. The molecule has 0 N–H and O–H groups in total. The van der Waals surface area contributed by atoms with Gasteiger partial charge >= 0.3 is 5.97 Å². The van der Waals surface area contributed by atoms with Crippen LogP contribution < -0.4 is 0 Å². The summed E-state index contributed by atoms with van der Waals surface area (Å²) in [6, 6.07) is 8.10. The number of fused-ring (bicyclic) bond motifs is 1. The lowest BCUT2D eigenvalue weighted by atomic mass is 9.77. The van der Waals surface area contributed by atoms with Crippen molar-refractivity contribution in [3.8, 4) is 0 Å². The lowest BCUT2D eigenvalue weighted by molar-refractivity contribution is -0.154. The van der Waals surface area contributed by atoms with E-state index in [1.807, 2.05) is 0 Å². The molecular weight excluding hydrogens is 283 g/mol. The van der Waals surface area contributed by atoms with Gasteiger partial charge in [-0.1, -0.05) is 12.6 Å². The van der Waals surface area contributed by atoms with Crippen molar-refractivity contribution < 1.29 is 18.3 Å². The average Bonchev–Trinajstić information content (AvgIpc) is 3.02. The Kier molecular flexibility index (Phi) is 3.61. The maximum absolute atomic E-state index is 13.8. The molecule has 0 saturated carbocycles. The lowest BCUT2D eigenvalue weighted by Crippen LogP contribution is -2.37. The average molecular weight is 300 g/mol. The molecule has 0 amide bonds. The molecule has 3 nitrogen and oxygen atoms in total. The molecule has 1 aromatic heterocycles.